The second kappa shape index (κ2) is 6.35. The van der Waals surface area contributed by atoms with Crippen LogP contribution in [0.25, 0.3) is 5.65 Å². The summed E-state index contributed by atoms with van der Waals surface area (Å²) in [5, 5.41) is 16.3. The number of pyridine rings is 1. The lowest BCUT2D eigenvalue weighted by molar-refractivity contribution is 0.283. The van der Waals surface area contributed by atoms with Gasteiger partial charge < -0.3 is 10.4 Å². The summed E-state index contributed by atoms with van der Waals surface area (Å²) in [6, 6.07) is 4.00. The smallest absolute Gasteiger partial charge is 0.243 e. The molecule has 0 fully saturated rings. The Balaban J connectivity index is 1.83. The zero-order valence-corrected chi connectivity index (χ0v) is 10.8. The molecule has 2 heterocycles. The number of fused-ring (bicyclic) bond motifs is 1. The van der Waals surface area contributed by atoms with Crippen LogP contribution in [0.3, 0.4) is 0 Å². The second-order valence-corrected chi connectivity index (χ2v) is 4.46. The largest absolute Gasteiger partial charge is 0.396 e. The Labute approximate surface area is 107 Å². The zero-order chi connectivity index (χ0) is 12.8. The summed E-state index contributed by atoms with van der Waals surface area (Å²) in [6.45, 7) is 3.20. The van der Waals surface area contributed by atoms with E-state index in [9.17, 15) is 0 Å². The molecular weight excluding hydrogens is 228 g/mol. The number of unbranched alkanes of at least 4 members (excludes halogenated alkanes) is 3. The molecule has 5 nitrogen and oxygen atoms in total. The maximum Gasteiger partial charge on any atom is 0.243 e. The molecule has 5 heteroatoms. The van der Waals surface area contributed by atoms with Gasteiger partial charge in [-0.15, -0.1) is 5.10 Å². The molecule has 0 aliphatic rings. The lowest BCUT2D eigenvalue weighted by Gasteiger charge is -2.00. The summed E-state index contributed by atoms with van der Waals surface area (Å²) in [4.78, 5) is 4.45. The van der Waals surface area contributed by atoms with Crippen LogP contribution in [-0.2, 0) is 0 Å². The number of hydrogen-bond acceptors (Lipinski definition) is 4. The summed E-state index contributed by atoms with van der Waals surface area (Å²) in [6.07, 6.45) is 6.08. The van der Waals surface area contributed by atoms with Crippen molar-refractivity contribution in [3.05, 3.63) is 23.9 Å². The molecule has 0 radical (unpaired) electrons. The van der Waals surface area contributed by atoms with E-state index in [2.05, 4.69) is 15.4 Å². The molecule has 0 amide bonds. The van der Waals surface area contributed by atoms with Crippen LogP contribution in [0, 0.1) is 6.92 Å². The van der Waals surface area contributed by atoms with E-state index in [0.29, 0.717) is 12.6 Å². The third-order valence-electron chi connectivity index (χ3n) is 2.93. The van der Waals surface area contributed by atoms with Crippen LogP contribution >= 0.6 is 0 Å². The van der Waals surface area contributed by atoms with Gasteiger partial charge in [-0.1, -0.05) is 18.9 Å². The minimum atomic E-state index is 0.292. The summed E-state index contributed by atoms with van der Waals surface area (Å²) in [5.74, 6) is 0.687. The highest BCUT2D eigenvalue weighted by molar-refractivity contribution is 5.49. The number of aryl methyl sites for hydroxylation is 1. The SMILES string of the molecule is Cc1cccn2nc(NCCCCCCO)nc12. The zero-order valence-electron chi connectivity index (χ0n) is 10.8. The summed E-state index contributed by atoms with van der Waals surface area (Å²) < 4.78 is 1.80. The van der Waals surface area contributed by atoms with Crippen molar-refractivity contribution in [3.63, 3.8) is 0 Å². The maximum absolute atomic E-state index is 8.67. The van der Waals surface area contributed by atoms with E-state index >= 15 is 0 Å². The van der Waals surface area contributed by atoms with Gasteiger partial charge in [0, 0.05) is 19.3 Å². The van der Waals surface area contributed by atoms with Crippen molar-refractivity contribution < 1.29 is 5.11 Å². The van der Waals surface area contributed by atoms with Crippen LogP contribution in [0.5, 0.6) is 0 Å². The van der Waals surface area contributed by atoms with Gasteiger partial charge in [0.25, 0.3) is 0 Å². The highest BCUT2D eigenvalue weighted by Crippen LogP contribution is 2.10. The fourth-order valence-electron chi connectivity index (χ4n) is 1.90. The van der Waals surface area contributed by atoms with Gasteiger partial charge >= 0.3 is 0 Å². The van der Waals surface area contributed by atoms with Crippen molar-refractivity contribution >= 4 is 11.6 Å². The Morgan fingerprint density at radius 3 is 2.89 bits per heavy atom. The van der Waals surface area contributed by atoms with Crippen molar-refractivity contribution in [1.29, 1.82) is 0 Å². The first-order valence-corrected chi connectivity index (χ1v) is 6.48. The molecule has 18 heavy (non-hydrogen) atoms. The van der Waals surface area contributed by atoms with Crippen LogP contribution < -0.4 is 5.32 Å². The molecule has 0 atom stereocenters. The average Bonchev–Trinajstić information content (AvgIpc) is 2.78. The van der Waals surface area contributed by atoms with Gasteiger partial charge in [-0.25, -0.2) is 4.52 Å². The molecule has 0 bridgehead atoms. The fourth-order valence-corrected chi connectivity index (χ4v) is 1.90. The van der Waals surface area contributed by atoms with Gasteiger partial charge in [-0.2, -0.15) is 4.98 Å². The second-order valence-electron chi connectivity index (χ2n) is 4.46. The lowest BCUT2D eigenvalue weighted by Crippen LogP contribution is -2.03. The van der Waals surface area contributed by atoms with Gasteiger partial charge in [0.05, 0.1) is 0 Å². The Morgan fingerprint density at radius 2 is 2.11 bits per heavy atom. The number of aliphatic hydroxyl groups excluding tert-OH is 1. The van der Waals surface area contributed by atoms with E-state index in [1.54, 1.807) is 4.52 Å². The van der Waals surface area contributed by atoms with Gasteiger partial charge in [0.1, 0.15) is 0 Å². The number of aliphatic hydroxyl groups is 1. The van der Waals surface area contributed by atoms with Gasteiger partial charge in [-0.3, -0.25) is 0 Å². The van der Waals surface area contributed by atoms with Gasteiger partial charge in [-0.05, 0) is 31.4 Å². The summed E-state index contributed by atoms with van der Waals surface area (Å²) in [5.41, 5.74) is 2.03. The van der Waals surface area contributed by atoms with Gasteiger partial charge in [0.2, 0.25) is 5.95 Å². The highest BCUT2D eigenvalue weighted by atomic mass is 16.2. The Hall–Kier alpha value is -1.62. The lowest BCUT2D eigenvalue weighted by atomic mass is 10.2. The topological polar surface area (TPSA) is 62.5 Å². The molecule has 0 aromatic carbocycles. The van der Waals surface area contributed by atoms with Crippen LogP contribution in [0.1, 0.15) is 31.2 Å². The number of nitrogens with zero attached hydrogens (tertiary/aromatic N) is 3. The molecule has 0 saturated heterocycles. The van der Waals surface area contributed by atoms with Gasteiger partial charge in [0.15, 0.2) is 5.65 Å². The molecule has 2 aromatic rings. The van der Waals surface area contributed by atoms with E-state index in [1.807, 2.05) is 25.3 Å². The molecule has 0 saturated carbocycles. The van der Waals surface area contributed by atoms with Crippen molar-refractivity contribution in [3.8, 4) is 0 Å². The molecular formula is C13H20N4O. The highest BCUT2D eigenvalue weighted by Gasteiger charge is 2.03. The summed E-state index contributed by atoms with van der Waals surface area (Å²) >= 11 is 0. The van der Waals surface area contributed by atoms with Crippen molar-refractivity contribution in [2.75, 3.05) is 18.5 Å². The monoisotopic (exact) mass is 248 g/mol. The Morgan fingerprint density at radius 1 is 1.28 bits per heavy atom. The van der Waals surface area contributed by atoms with Crippen LogP contribution in [0.15, 0.2) is 18.3 Å². The van der Waals surface area contributed by atoms with Crippen LogP contribution in [-0.4, -0.2) is 32.9 Å². The molecule has 0 spiro atoms. The van der Waals surface area contributed by atoms with E-state index in [0.717, 1.165) is 43.4 Å². The summed E-state index contributed by atoms with van der Waals surface area (Å²) in [7, 11) is 0. The normalized spacial score (nSPS) is 11.0. The minimum Gasteiger partial charge on any atom is -0.396 e. The molecule has 0 aliphatic heterocycles. The minimum absolute atomic E-state index is 0.292. The third-order valence-corrected chi connectivity index (χ3v) is 2.93. The first-order chi connectivity index (χ1) is 8.81. The quantitative estimate of drug-likeness (QED) is 0.736. The van der Waals surface area contributed by atoms with Crippen molar-refractivity contribution in [1.82, 2.24) is 14.6 Å². The standard InChI is InChI=1S/C13H20N4O/c1-11-7-6-9-17-12(11)15-13(16-17)14-8-4-2-3-5-10-18/h6-7,9,18H,2-5,8,10H2,1H3,(H,14,16). The van der Waals surface area contributed by atoms with Crippen LogP contribution in [0.4, 0.5) is 5.95 Å². The maximum atomic E-state index is 8.67. The molecule has 2 rings (SSSR count). The van der Waals surface area contributed by atoms with E-state index in [1.165, 1.54) is 0 Å². The molecule has 2 N–H and O–H groups in total. The number of rotatable bonds is 7. The number of aromatic nitrogens is 3. The Bertz CT molecular complexity index is 495. The Kier molecular flexibility index (Phi) is 4.52. The third kappa shape index (κ3) is 3.20. The number of hydrogen-bond donors (Lipinski definition) is 2. The van der Waals surface area contributed by atoms with E-state index in [-0.39, 0.29) is 0 Å². The molecule has 0 unspecified atom stereocenters. The van der Waals surface area contributed by atoms with E-state index in [4.69, 9.17) is 5.11 Å². The van der Waals surface area contributed by atoms with Crippen LogP contribution in [0.2, 0.25) is 0 Å². The molecule has 0 aliphatic carbocycles. The molecule has 98 valence electrons. The predicted octanol–water partition coefficient (Wildman–Crippen LogP) is 2.00. The van der Waals surface area contributed by atoms with Crippen molar-refractivity contribution in [2.45, 2.75) is 32.6 Å². The average molecular weight is 248 g/mol. The first kappa shape index (κ1) is 12.8. The van der Waals surface area contributed by atoms with E-state index < -0.39 is 0 Å². The number of nitrogens with one attached hydrogen (secondary N) is 1. The molecule has 2 aromatic heterocycles. The first-order valence-electron chi connectivity index (χ1n) is 6.48. The fraction of sp³-hybridized carbons (Fsp3) is 0.538. The van der Waals surface area contributed by atoms with Crippen molar-refractivity contribution in [2.24, 2.45) is 0 Å². The predicted molar refractivity (Wildman–Crippen MR) is 71.8 cm³/mol. The number of anilines is 1.